The Morgan fingerprint density at radius 3 is 2.67 bits per heavy atom. The minimum atomic E-state index is -0.717. The van der Waals surface area contributed by atoms with Gasteiger partial charge in [0.05, 0.1) is 0 Å². The van der Waals surface area contributed by atoms with E-state index in [0.717, 1.165) is 11.8 Å². The molecule has 2 aromatic rings. The molecule has 0 aliphatic heterocycles. The van der Waals surface area contributed by atoms with Crippen molar-refractivity contribution in [2.75, 3.05) is 0 Å². The number of hydrogen-bond acceptors (Lipinski definition) is 4. The third-order valence-corrected chi connectivity index (χ3v) is 2.27. The van der Waals surface area contributed by atoms with Gasteiger partial charge in [-0.25, -0.2) is 4.79 Å². The van der Waals surface area contributed by atoms with Crippen LogP contribution >= 0.6 is 0 Å². The second kappa shape index (κ2) is 5.09. The summed E-state index contributed by atoms with van der Waals surface area (Å²) in [5, 5.41) is 2.57. The molecule has 0 aliphatic carbocycles. The summed E-state index contributed by atoms with van der Waals surface area (Å²) in [5.41, 5.74) is -0.639. The van der Waals surface area contributed by atoms with Crippen molar-refractivity contribution < 1.29 is 4.79 Å². The fourth-order valence-corrected chi connectivity index (χ4v) is 1.36. The molecule has 7 heteroatoms. The number of nitrogens with one attached hydrogen (secondary N) is 3. The summed E-state index contributed by atoms with van der Waals surface area (Å²) in [5.74, 6) is -0.552. The molecule has 2 aromatic heterocycles. The third kappa shape index (κ3) is 2.70. The maximum absolute atomic E-state index is 11.7. The van der Waals surface area contributed by atoms with Gasteiger partial charge in [-0.2, -0.15) is 0 Å². The summed E-state index contributed by atoms with van der Waals surface area (Å²) >= 11 is 0. The van der Waals surface area contributed by atoms with Gasteiger partial charge in [-0.3, -0.25) is 19.6 Å². The van der Waals surface area contributed by atoms with Gasteiger partial charge in [0.25, 0.3) is 11.5 Å². The lowest BCUT2D eigenvalue weighted by Gasteiger charge is -2.03. The molecule has 92 valence electrons. The number of carbonyl (C=O) groups excluding carboxylic acids is 1. The molecule has 18 heavy (non-hydrogen) atoms. The van der Waals surface area contributed by atoms with E-state index in [4.69, 9.17) is 0 Å². The van der Waals surface area contributed by atoms with E-state index in [0.29, 0.717) is 0 Å². The topological polar surface area (TPSA) is 108 Å². The Balaban J connectivity index is 2.09. The van der Waals surface area contributed by atoms with Crippen molar-refractivity contribution in [3.05, 3.63) is 62.7 Å². The first-order valence-corrected chi connectivity index (χ1v) is 5.16. The molecule has 0 radical (unpaired) electrons. The molecule has 2 rings (SSSR count). The molecule has 0 fully saturated rings. The molecule has 0 aliphatic rings. The van der Waals surface area contributed by atoms with Crippen molar-refractivity contribution in [3.63, 3.8) is 0 Å². The Labute approximate surface area is 101 Å². The SMILES string of the molecule is O=C(NCc1ccncc1)c1c[nH]c(=O)[nH]c1=O. The number of nitrogens with zero attached hydrogens (tertiary/aromatic N) is 1. The van der Waals surface area contributed by atoms with Gasteiger partial charge < -0.3 is 10.3 Å². The highest BCUT2D eigenvalue weighted by atomic mass is 16.2. The molecule has 0 saturated heterocycles. The molecular formula is C11H10N4O3. The van der Waals surface area contributed by atoms with Crippen LogP contribution in [-0.4, -0.2) is 20.9 Å². The highest BCUT2D eigenvalue weighted by molar-refractivity contribution is 5.93. The number of rotatable bonds is 3. The van der Waals surface area contributed by atoms with Gasteiger partial charge in [0.15, 0.2) is 0 Å². The van der Waals surface area contributed by atoms with Crippen LogP contribution in [-0.2, 0) is 6.54 Å². The molecular weight excluding hydrogens is 236 g/mol. The summed E-state index contributed by atoms with van der Waals surface area (Å²) in [4.78, 5) is 41.9. The van der Waals surface area contributed by atoms with Crippen molar-refractivity contribution in [2.45, 2.75) is 6.54 Å². The highest BCUT2D eigenvalue weighted by Crippen LogP contribution is 1.95. The van der Waals surface area contributed by atoms with Crippen molar-refractivity contribution >= 4 is 5.91 Å². The molecule has 0 unspecified atom stereocenters. The van der Waals surface area contributed by atoms with Crippen LogP contribution in [0.2, 0.25) is 0 Å². The zero-order chi connectivity index (χ0) is 13.0. The first-order valence-electron chi connectivity index (χ1n) is 5.16. The minimum Gasteiger partial charge on any atom is -0.348 e. The van der Waals surface area contributed by atoms with Crippen LogP contribution in [0.3, 0.4) is 0 Å². The Hall–Kier alpha value is -2.70. The van der Waals surface area contributed by atoms with Gasteiger partial charge in [-0.1, -0.05) is 0 Å². The van der Waals surface area contributed by atoms with Gasteiger partial charge in [0.2, 0.25) is 0 Å². The van der Waals surface area contributed by atoms with Crippen LogP contribution < -0.4 is 16.6 Å². The molecule has 2 heterocycles. The Kier molecular flexibility index (Phi) is 3.33. The van der Waals surface area contributed by atoms with Gasteiger partial charge in [0, 0.05) is 25.1 Å². The Morgan fingerprint density at radius 1 is 1.28 bits per heavy atom. The summed E-state index contributed by atoms with van der Waals surface area (Å²) in [6.45, 7) is 0.278. The molecule has 0 spiro atoms. The molecule has 0 atom stereocenters. The summed E-state index contributed by atoms with van der Waals surface area (Å²) in [6, 6.07) is 3.49. The van der Waals surface area contributed by atoms with E-state index in [1.807, 2.05) is 4.98 Å². The molecule has 1 amide bonds. The molecule has 0 bridgehead atoms. The lowest BCUT2D eigenvalue weighted by Crippen LogP contribution is -2.33. The molecule has 3 N–H and O–H groups in total. The van der Waals surface area contributed by atoms with Gasteiger partial charge in [-0.15, -0.1) is 0 Å². The van der Waals surface area contributed by atoms with Gasteiger partial charge in [0.1, 0.15) is 5.56 Å². The fraction of sp³-hybridized carbons (Fsp3) is 0.0909. The second-order valence-electron chi connectivity index (χ2n) is 3.52. The van der Waals surface area contributed by atoms with E-state index in [2.05, 4.69) is 15.3 Å². The van der Waals surface area contributed by atoms with Crippen LogP contribution in [0, 0.1) is 0 Å². The predicted molar refractivity (Wildman–Crippen MR) is 63.1 cm³/mol. The standard InChI is InChI=1S/C11H10N4O3/c16-9(8-6-14-11(18)15-10(8)17)13-5-7-1-3-12-4-2-7/h1-4,6H,5H2,(H,13,16)(H2,14,15,17,18). The Morgan fingerprint density at radius 2 is 2.00 bits per heavy atom. The predicted octanol–water partition coefficient (Wildman–Crippen LogP) is -0.612. The van der Waals surface area contributed by atoms with Crippen LogP contribution in [0.25, 0.3) is 0 Å². The number of amides is 1. The van der Waals surface area contributed by atoms with Crippen molar-refractivity contribution in [3.8, 4) is 0 Å². The number of aromatic nitrogens is 3. The maximum Gasteiger partial charge on any atom is 0.325 e. The fourth-order valence-electron chi connectivity index (χ4n) is 1.36. The van der Waals surface area contributed by atoms with Crippen molar-refractivity contribution in [2.24, 2.45) is 0 Å². The molecule has 7 nitrogen and oxygen atoms in total. The molecule has 0 aromatic carbocycles. The van der Waals surface area contributed by atoms with Gasteiger partial charge >= 0.3 is 5.69 Å². The van der Waals surface area contributed by atoms with E-state index < -0.39 is 17.2 Å². The first-order chi connectivity index (χ1) is 8.66. The lowest BCUT2D eigenvalue weighted by atomic mass is 10.2. The van der Waals surface area contributed by atoms with E-state index in [9.17, 15) is 14.4 Å². The Bertz CT molecular complexity index is 660. The maximum atomic E-state index is 11.7. The monoisotopic (exact) mass is 246 g/mol. The normalized spacial score (nSPS) is 10.0. The quantitative estimate of drug-likeness (QED) is 0.671. The summed E-state index contributed by atoms with van der Waals surface area (Å²) < 4.78 is 0. The molecule has 0 saturated carbocycles. The average Bonchev–Trinajstić information content (AvgIpc) is 2.37. The number of pyridine rings is 1. The van der Waals surface area contributed by atoms with E-state index in [-0.39, 0.29) is 12.1 Å². The van der Waals surface area contributed by atoms with E-state index in [1.54, 1.807) is 24.5 Å². The number of H-pyrrole nitrogens is 2. The largest absolute Gasteiger partial charge is 0.348 e. The zero-order valence-corrected chi connectivity index (χ0v) is 9.27. The van der Waals surface area contributed by atoms with Crippen LogP contribution in [0.5, 0.6) is 0 Å². The second-order valence-corrected chi connectivity index (χ2v) is 3.52. The zero-order valence-electron chi connectivity index (χ0n) is 9.27. The van der Waals surface area contributed by atoms with Crippen molar-refractivity contribution in [1.29, 1.82) is 0 Å². The van der Waals surface area contributed by atoms with Gasteiger partial charge in [-0.05, 0) is 17.7 Å². The smallest absolute Gasteiger partial charge is 0.325 e. The number of carbonyl (C=O) groups is 1. The third-order valence-electron chi connectivity index (χ3n) is 2.27. The summed E-state index contributed by atoms with van der Waals surface area (Å²) in [7, 11) is 0. The number of aromatic amines is 2. The lowest BCUT2D eigenvalue weighted by molar-refractivity contribution is 0.0949. The highest BCUT2D eigenvalue weighted by Gasteiger charge is 2.10. The first kappa shape index (κ1) is 11.8. The van der Waals surface area contributed by atoms with Crippen LogP contribution in [0.4, 0.5) is 0 Å². The van der Waals surface area contributed by atoms with E-state index in [1.165, 1.54) is 0 Å². The average molecular weight is 246 g/mol. The minimum absolute atomic E-state index is 0.136. The summed E-state index contributed by atoms with van der Waals surface area (Å²) in [6.07, 6.45) is 4.30. The number of hydrogen-bond donors (Lipinski definition) is 3. The van der Waals surface area contributed by atoms with E-state index >= 15 is 0 Å². The van der Waals surface area contributed by atoms with Crippen LogP contribution in [0.15, 0.2) is 40.3 Å². The van der Waals surface area contributed by atoms with Crippen LogP contribution in [0.1, 0.15) is 15.9 Å². The van der Waals surface area contributed by atoms with Crippen molar-refractivity contribution in [1.82, 2.24) is 20.3 Å².